The highest BCUT2D eigenvalue weighted by molar-refractivity contribution is 6.01. The first-order chi connectivity index (χ1) is 15.5. The lowest BCUT2D eigenvalue weighted by molar-refractivity contribution is 0.0893. The van der Waals surface area contributed by atoms with Crippen LogP contribution in [-0.4, -0.2) is 44.5 Å². The number of hydrogen-bond acceptors (Lipinski definition) is 5. The van der Waals surface area contributed by atoms with Crippen molar-refractivity contribution < 1.29 is 13.6 Å². The van der Waals surface area contributed by atoms with E-state index in [2.05, 4.69) is 40.6 Å². The number of fused-ring (bicyclic) bond motifs is 2. The van der Waals surface area contributed by atoms with E-state index >= 15 is 0 Å². The largest absolute Gasteiger partial charge is 0.352 e. The number of amides is 1. The predicted octanol–water partition coefficient (Wildman–Crippen LogP) is 4.10. The zero-order chi connectivity index (χ0) is 22.7. The second-order valence-corrected chi connectivity index (χ2v) is 7.92. The molecule has 0 fully saturated rings. The summed E-state index contributed by atoms with van der Waals surface area (Å²) in [7, 11) is 0. The van der Waals surface area contributed by atoms with Gasteiger partial charge in [0.05, 0.1) is 29.5 Å². The van der Waals surface area contributed by atoms with Gasteiger partial charge in [-0.25, -0.2) is 23.3 Å². The van der Waals surface area contributed by atoms with Crippen LogP contribution in [0.25, 0.3) is 11.1 Å². The van der Waals surface area contributed by atoms with E-state index in [1.807, 2.05) is 18.3 Å². The fraction of sp³-hybridized carbons (Fsp3) is 0.391. The molecular formula is C23H26F2N6O. The summed E-state index contributed by atoms with van der Waals surface area (Å²) < 4.78 is 26.6. The Hall–Kier alpha value is -3.36. The van der Waals surface area contributed by atoms with Crippen molar-refractivity contribution in [2.45, 2.75) is 52.0 Å². The van der Waals surface area contributed by atoms with Crippen LogP contribution < -0.4 is 10.6 Å². The summed E-state index contributed by atoms with van der Waals surface area (Å²) in [4.78, 5) is 21.7. The first kappa shape index (κ1) is 21.9. The average Bonchev–Trinajstić information content (AvgIpc) is 3.09. The highest BCUT2D eigenvalue weighted by atomic mass is 19.3. The first-order valence-electron chi connectivity index (χ1n) is 10.8. The molecule has 7 nitrogen and oxygen atoms in total. The van der Waals surface area contributed by atoms with E-state index in [1.54, 1.807) is 10.7 Å². The predicted molar refractivity (Wildman–Crippen MR) is 119 cm³/mol. The summed E-state index contributed by atoms with van der Waals surface area (Å²) in [5.41, 5.74) is 4.65. The number of aromatic nitrogens is 4. The van der Waals surface area contributed by atoms with Crippen LogP contribution in [0.3, 0.4) is 0 Å². The molecule has 3 heterocycles. The monoisotopic (exact) mass is 440 g/mol. The Bertz CT molecular complexity index is 1160. The van der Waals surface area contributed by atoms with Crippen molar-refractivity contribution in [3.63, 3.8) is 0 Å². The number of hydrogen-bond donors (Lipinski definition) is 2. The number of aryl methyl sites for hydroxylation is 1. The molecule has 0 spiro atoms. The standard InChI is InChI=1S/C23H26F2N6O/c1-3-14(2)29-23-27-11-17-16(6-4-5-7-19(17)30-23)15-8-9-31-20(10-15)18(12-28-31)22(32)26-13-21(24)25/h6,8-12,14,21H,3-5,7,13H2,1-2H3,(H,26,32)(H,27,29,30)/t14-/m0/s1. The minimum atomic E-state index is -2.61. The molecule has 1 aliphatic carbocycles. The van der Waals surface area contributed by atoms with Gasteiger partial charge < -0.3 is 10.6 Å². The molecular weight excluding hydrogens is 414 g/mol. The zero-order valence-corrected chi connectivity index (χ0v) is 18.1. The number of nitrogens with zero attached hydrogens (tertiary/aromatic N) is 4. The molecule has 0 aliphatic heterocycles. The maximum Gasteiger partial charge on any atom is 0.255 e. The summed E-state index contributed by atoms with van der Waals surface area (Å²) in [6.07, 6.45) is 8.26. The Morgan fingerprint density at radius 3 is 2.94 bits per heavy atom. The van der Waals surface area contributed by atoms with Gasteiger partial charge in [-0.2, -0.15) is 5.10 Å². The van der Waals surface area contributed by atoms with E-state index < -0.39 is 18.9 Å². The van der Waals surface area contributed by atoms with Gasteiger partial charge in [-0.15, -0.1) is 0 Å². The molecule has 0 unspecified atom stereocenters. The third kappa shape index (κ3) is 4.61. The fourth-order valence-electron chi connectivity index (χ4n) is 3.71. The highest BCUT2D eigenvalue weighted by Crippen LogP contribution is 2.31. The van der Waals surface area contributed by atoms with E-state index in [-0.39, 0.29) is 11.6 Å². The maximum atomic E-state index is 12.5. The zero-order valence-electron chi connectivity index (χ0n) is 18.1. The van der Waals surface area contributed by atoms with Crippen molar-refractivity contribution in [2.75, 3.05) is 11.9 Å². The molecule has 0 radical (unpaired) electrons. The Morgan fingerprint density at radius 1 is 1.31 bits per heavy atom. The summed E-state index contributed by atoms with van der Waals surface area (Å²) in [6.45, 7) is 3.51. The van der Waals surface area contributed by atoms with Crippen LogP contribution in [0.5, 0.6) is 0 Å². The molecule has 168 valence electrons. The third-order valence-electron chi connectivity index (χ3n) is 5.61. The van der Waals surface area contributed by atoms with E-state index in [0.717, 1.165) is 48.1 Å². The summed E-state index contributed by atoms with van der Waals surface area (Å²) >= 11 is 0. The molecule has 2 N–H and O–H groups in total. The molecule has 1 aliphatic rings. The van der Waals surface area contributed by atoms with Crippen molar-refractivity contribution in [1.29, 1.82) is 0 Å². The van der Waals surface area contributed by atoms with Crippen LogP contribution in [0, 0.1) is 0 Å². The SMILES string of the molecule is CC[C@H](C)Nc1ncc2c(n1)CCCC=C2c1ccn2ncc(C(=O)NCC(F)F)c2c1. The average molecular weight is 440 g/mol. The van der Waals surface area contributed by atoms with E-state index in [1.165, 1.54) is 6.20 Å². The van der Waals surface area contributed by atoms with Crippen molar-refractivity contribution in [3.05, 3.63) is 59.2 Å². The number of alkyl halides is 2. The topological polar surface area (TPSA) is 84.2 Å². The van der Waals surface area contributed by atoms with Gasteiger partial charge in [-0.1, -0.05) is 13.0 Å². The quantitative estimate of drug-likeness (QED) is 0.578. The van der Waals surface area contributed by atoms with Crippen LogP contribution in [0.4, 0.5) is 14.7 Å². The smallest absolute Gasteiger partial charge is 0.255 e. The number of anilines is 1. The van der Waals surface area contributed by atoms with Gasteiger partial charge in [-0.05, 0) is 55.9 Å². The second-order valence-electron chi connectivity index (χ2n) is 7.92. The minimum absolute atomic E-state index is 0.256. The lowest BCUT2D eigenvalue weighted by atomic mass is 9.98. The van der Waals surface area contributed by atoms with Crippen molar-refractivity contribution in [2.24, 2.45) is 0 Å². The van der Waals surface area contributed by atoms with Crippen molar-refractivity contribution in [1.82, 2.24) is 24.9 Å². The van der Waals surface area contributed by atoms with Crippen LogP contribution >= 0.6 is 0 Å². The van der Waals surface area contributed by atoms with Gasteiger partial charge in [0.2, 0.25) is 5.95 Å². The Labute approximate surface area is 185 Å². The lowest BCUT2D eigenvalue weighted by Gasteiger charge is -2.15. The number of rotatable bonds is 7. The van der Waals surface area contributed by atoms with E-state index in [4.69, 9.17) is 4.98 Å². The number of pyridine rings is 1. The Morgan fingerprint density at radius 2 is 2.16 bits per heavy atom. The van der Waals surface area contributed by atoms with Crippen molar-refractivity contribution >= 4 is 22.9 Å². The molecule has 1 atom stereocenters. The normalized spacial score (nSPS) is 14.6. The number of nitrogens with one attached hydrogen (secondary N) is 2. The Kier molecular flexibility index (Phi) is 6.43. The summed E-state index contributed by atoms with van der Waals surface area (Å²) in [5.74, 6) is 0.0559. The summed E-state index contributed by atoms with van der Waals surface area (Å²) in [6, 6.07) is 4.07. The van der Waals surface area contributed by atoms with Crippen LogP contribution in [-0.2, 0) is 6.42 Å². The van der Waals surface area contributed by atoms with Gasteiger partial charge in [0.25, 0.3) is 12.3 Å². The van der Waals surface area contributed by atoms with Gasteiger partial charge in [0, 0.05) is 24.0 Å². The molecule has 4 rings (SSSR count). The second kappa shape index (κ2) is 9.42. The van der Waals surface area contributed by atoms with Crippen molar-refractivity contribution in [3.8, 4) is 0 Å². The van der Waals surface area contributed by atoms with Gasteiger partial charge >= 0.3 is 0 Å². The molecule has 3 aromatic rings. The van der Waals surface area contributed by atoms with Crippen LogP contribution in [0.1, 0.15) is 60.3 Å². The maximum absolute atomic E-state index is 12.5. The summed E-state index contributed by atoms with van der Waals surface area (Å²) in [5, 5.41) is 9.75. The lowest BCUT2D eigenvalue weighted by Crippen LogP contribution is -2.28. The molecule has 0 saturated carbocycles. The molecule has 3 aromatic heterocycles. The van der Waals surface area contributed by atoms with Crippen LogP contribution in [0.2, 0.25) is 0 Å². The Balaban J connectivity index is 1.69. The molecule has 0 bridgehead atoms. The fourth-order valence-corrected chi connectivity index (χ4v) is 3.71. The minimum Gasteiger partial charge on any atom is -0.352 e. The molecule has 1 amide bonds. The van der Waals surface area contributed by atoms with Gasteiger partial charge in [-0.3, -0.25) is 4.79 Å². The van der Waals surface area contributed by atoms with E-state index in [0.29, 0.717) is 11.5 Å². The van der Waals surface area contributed by atoms with Gasteiger partial charge in [0.15, 0.2) is 0 Å². The molecule has 9 heteroatoms. The highest BCUT2D eigenvalue weighted by Gasteiger charge is 2.19. The van der Waals surface area contributed by atoms with E-state index in [9.17, 15) is 13.6 Å². The molecule has 32 heavy (non-hydrogen) atoms. The third-order valence-corrected chi connectivity index (χ3v) is 5.61. The molecule has 0 aromatic carbocycles. The van der Waals surface area contributed by atoms with Crippen LogP contribution in [0.15, 0.2) is 36.8 Å². The number of allylic oxidation sites excluding steroid dienone is 1. The number of halogens is 2. The first-order valence-corrected chi connectivity index (χ1v) is 10.8. The van der Waals surface area contributed by atoms with Gasteiger partial charge in [0.1, 0.15) is 0 Å². The number of carbonyl (C=O) groups is 1. The molecule has 0 saturated heterocycles. The number of carbonyl (C=O) groups excluding carboxylic acids is 1.